The average molecular weight is 406 g/mol. The third-order valence-electron chi connectivity index (χ3n) is 4.48. The molecule has 0 spiro atoms. The highest BCUT2D eigenvalue weighted by molar-refractivity contribution is 9.10. The summed E-state index contributed by atoms with van der Waals surface area (Å²) in [4.78, 5) is 14.4. The minimum absolute atomic E-state index is 0.348. The molecule has 0 unspecified atom stereocenters. The van der Waals surface area contributed by atoms with Crippen LogP contribution in [-0.4, -0.2) is 36.0 Å². The van der Waals surface area contributed by atoms with Crippen LogP contribution in [0.3, 0.4) is 0 Å². The van der Waals surface area contributed by atoms with Gasteiger partial charge in [0.05, 0.1) is 5.56 Å². The van der Waals surface area contributed by atoms with Gasteiger partial charge in [-0.15, -0.1) is 0 Å². The second-order valence-electron chi connectivity index (χ2n) is 6.71. The lowest BCUT2D eigenvalue weighted by atomic mass is 9.98. The Morgan fingerprint density at radius 2 is 1.88 bits per heavy atom. The van der Waals surface area contributed by atoms with Gasteiger partial charge in [-0.05, 0) is 58.1 Å². The molecule has 1 amide bonds. The lowest BCUT2D eigenvalue weighted by molar-refractivity contribution is 0.1000. The standard InChI is InChI=1S/C20H28BrN3O/c1-5-7-17-19(15-8-10-16(21)11-9-15)18(20(22)25)14(2)24(17)13-6-12-23(3)4/h8-11H,5-7,12-13H2,1-4H3,(H2,22,25). The molecular weight excluding hydrogens is 378 g/mol. The highest BCUT2D eigenvalue weighted by Gasteiger charge is 2.24. The van der Waals surface area contributed by atoms with E-state index < -0.39 is 0 Å². The first-order valence-corrected chi connectivity index (χ1v) is 9.58. The average Bonchev–Trinajstić information content (AvgIpc) is 2.81. The summed E-state index contributed by atoms with van der Waals surface area (Å²) in [6.45, 7) is 6.10. The number of benzene rings is 1. The zero-order valence-corrected chi connectivity index (χ0v) is 17.2. The van der Waals surface area contributed by atoms with Crippen molar-refractivity contribution in [1.82, 2.24) is 9.47 Å². The van der Waals surface area contributed by atoms with Crippen molar-refractivity contribution in [2.75, 3.05) is 20.6 Å². The number of hydrogen-bond donors (Lipinski definition) is 1. The van der Waals surface area contributed by atoms with E-state index in [0.29, 0.717) is 5.56 Å². The van der Waals surface area contributed by atoms with Crippen LogP contribution in [-0.2, 0) is 13.0 Å². The van der Waals surface area contributed by atoms with E-state index in [1.54, 1.807) is 0 Å². The Kier molecular flexibility index (Phi) is 6.85. The molecule has 2 rings (SSSR count). The molecule has 0 aliphatic heterocycles. The Hall–Kier alpha value is -1.59. The van der Waals surface area contributed by atoms with Gasteiger partial charge in [-0.1, -0.05) is 41.4 Å². The predicted octanol–water partition coefficient (Wildman–Crippen LogP) is 4.23. The number of nitrogens with zero attached hydrogens (tertiary/aromatic N) is 2. The van der Waals surface area contributed by atoms with Crippen LogP contribution in [0.1, 0.15) is 41.5 Å². The molecule has 2 aromatic rings. The normalized spacial score (nSPS) is 11.3. The molecule has 0 aliphatic rings. The Bertz CT molecular complexity index is 732. The Balaban J connectivity index is 2.58. The van der Waals surface area contributed by atoms with E-state index in [2.05, 4.69) is 58.5 Å². The number of nitrogens with two attached hydrogens (primary N) is 1. The van der Waals surface area contributed by atoms with Crippen LogP contribution >= 0.6 is 15.9 Å². The maximum Gasteiger partial charge on any atom is 0.251 e. The molecule has 1 heterocycles. The van der Waals surface area contributed by atoms with E-state index >= 15 is 0 Å². The highest BCUT2D eigenvalue weighted by atomic mass is 79.9. The molecule has 1 aromatic heterocycles. The summed E-state index contributed by atoms with van der Waals surface area (Å²) in [5, 5.41) is 0. The van der Waals surface area contributed by atoms with E-state index in [-0.39, 0.29) is 5.91 Å². The molecule has 0 radical (unpaired) electrons. The molecule has 0 aliphatic carbocycles. The Labute approximate surface area is 159 Å². The van der Waals surface area contributed by atoms with Crippen molar-refractivity contribution in [3.63, 3.8) is 0 Å². The number of carbonyl (C=O) groups is 1. The number of aromatic nitrogens is 1. The lowest BCUT2D eigenvalue weighted by Gasteiger charge is -2.15. The van der Waals surface area contributed by atoms with Gasteiger partial charge >= 0.3 is 0 Å². The maximum absolute atomic E-state index is 12.2. The van der Waals surface area contributed by atoms with Gasteiger partial charge in [-0.2, -0.15) is 0 Å². The SMILES string of the molecule is CCCc1c(-c2ccc(Br)cc2)c(C(N)=O)c(C)n1CCCN(C)C. The van der Waals surface area contributed by atoms with Crippen molar-refractivity contribution in [2.24, 2.45) is 5.73 Å². The molecule has 0 saturated carbocycles. The van der Waals surface area contributed by atoms with E-state index in [0.717, 1.165) is 53.6 Å². The molecule has 25 heavy (non-hydrogen) atoms. The van der Waals surface area contributed by atoms with E-state index in [1.807, 2.05) is 19.1 Å². The lowest BCUT2D eigenvalue weighted by Crippen LogP contribution is -2.17. The molecule has 0 atom stereocenters. The number of halogens is 1. The van der Waals surface area contributed by atoms with Gasteiger partial charge < -0.3 is 15.2 Å². The molecule has 0 fully saturated rings. The summed E-state index contributed by atoms with van der Waals surface area (Å²) in [5.41, 5.74) is 10.7. The van der Waals surface area contributed by atoms with Crippen LogP contribution in [0.4, 0.5) is 0 Å². The molecular formula is C20H28BrN3O. The monoisotopic (exact) mass is 405 g/mol. The Morgan fingerprint density at radius 1 is 1.24 bits per heavy atom. The van der Waals surface area contributed by atoms with Gasteiger partial charge in [0.1, 0.15) is 0 Å². The van der Waals surface area contributed by atoms with E-state index in [1.165, 1.54) is 5.69 Å². The number of primary amides is 1. The van der Waals surface area contributed by atoms with Crippen LogP contribution < -0.4 is 5.73 Å². The van der Waals surface area contributed by atoms with Crippen LogP contribution in [0.15, 0.2) is 28.7 Å². The van der Waals surface area contributed by atoms with Crippen molar-refractivity contribution >= 4 is 21.8 Å². The summed E-state index contributed by atoms with van der Waals surface area (Å²) in [5.74, 6) is -0.348. The first-order chi connectivity index (χ1) is 11.9. The number of amides is 1. The first kappa shape index (κ1) is 19.7. The van der Waals surface area contributed by atoms with Crippen molar-refractivity contribution in [3.8, 4) is 11.1 Å². The largest absolute Gasteiger partial charge is 0.366 e. The smallest absolute Gasteiger partial charge is 0.251 e. The fourth-order valence-electron chi connectivity index (χ4n) is 3.37. The Morgan fingerprint density at radius 3 is 2.40 bits per heavy atom. The summed E-state index contributed by atoms with van der Waals surface area (Å²) in [7, 11) is 4.16. The third-order valence-corrected chi connectivity index (χ3v) is 5.01. The van der Waals surface area contributed by atoms with E-state index in [4.69, 9.17) is 5.73 Å². The quantitative estimate of drug-likeness (QED) is 0.713. The predicted molar refractivity (Wildman–Crippen MR) is 108 cm³/mol. The molecule has 4 nitrogen and oxygen atoms in total. The van der Waals surface area contributed by atoms with Crippen LogP contribution in [0.5, 0.6) is 0 Å². The highest BCUT2D eigenvalue weighted by Crippen LogP contribution is 2.34. The summed E-state index contributed by atoms with van der Waals surface area (Å²) >= 11 is 3.48. The second kappa shape index (κ2) is 8.68. The van der Waals surface area contributed by atoms with Gasteiger partial charge in [-0.25, -0.2) is 0 Å². The second-order valence-corrected chi connectivity index (χ2v) is 7.63. The molecule has 0 bridgehead atoms. The number of carbonyl (C=O) groups excluding carboxylic acids is 1. The maximum atomic E-state index is 12.2. The number of hydrogen-bond acceptors (Lipinski definition) is 2. The van der Waals surface area contributed by atoms with Crippen molar-refractivity contribution in [2.45, 2.75) is 39.7 Å². The van der Waals surface area contributed by atoms with Gasteiger partial charge in [0.15, 0.2) is 0 Å². The van der Waals surface area contributed by atoms with Crippen molar-refractivity contribution < 1.29 is 4.79 Å². The minimum Gasteiger partial charge on any atom is -0.366 e. The van der Waals surface area contributed by atoms with Gasteiger partial charge in [0, 0.05) is 28.0 Å². The van der Waals surface area contributed by atoms with Crippen LogP contribution in [0, 0.1) is 6.92 Å². The molecule has 136 valence electrons. The summed E-state index contributed by atoms with van der Waals surface area (Å²) in [6.07, 6.45) is 3.00. The molecule has 0 saturated heterocycles. The van der Waals surface area contributed by atoms with Crippen LogP contribution in [0.2, 0.25) is 0 Å². The zero-order chi connectivity index (χ0) is 18.6. The van der Waals surface area contributed by atoms with Crippen molar-refractivity contribution in [1.29, 1.82) is 0 Å². The third kappa shape index (κ3) is 4.53. The summed E-state index contributed by atoms with van der Waals surface area (Å²) in [6, 6.07) is 8.12. The molecule has 1 aromatic carbocycles. The minimum atomic E-state index is -0.348. The topological polar surface area (TPSA) is 51.3 Å². The van der Waals surface area contributed by atoms with Gasteiger partial charge in [0.25, 0.3) is 5.91 Å². The molecule has 5 heteroatoms. The van der Waals surface area contributed by atoms with Crippen molar-refractivity contribution in [3.05, 3.63) is 45.7 Å². The van der Waals surface area contributed by atoms with E-state index in [9.17, 15) is 4.79 Å². The first-order valence-electron chi connectivity index (χ1n) is 8.79. The summed E-state index contributed by atoms with van der Waals surface area (Å²) < 4.78 is 3.32. The number of rotatable bonds is 8. The molecule has 2 N–H and O–H groups in total. The zero-order valence-electron chi connectivity index (χ0n) is 15.6. The van der Waals surface area contributed by atoms with Crippen LogP contribution in [0.25, 0.3) is 11.1 Å². The van der Waals surface area contributed by atoms with Gasteiger partial charge in [-0.3, -0.25) is 4.79 Å². The van der Waals surface area contributed by atoms with Gasteiger partial charge in [0.2, 0.25) is 0 Å². The fourth-order valence-corrected chi connectivity index (χ4v) is 3.64. The fraction of sp³-hybridized carbons (Fsp3) is 0.450.